The zero-order valence-electron chi connectivity index (χ0n) is 11.0. The maximum atomic E-state index is 11.3. The topological polar surface area (TPSA) is 46.2 Å². The summed E-state index contributed by atoms with van der Waals surface area (Å²) in [4.78, 5) is 1.52. The number of nitrogens with one attached hydrogen (secondary N) is 1. The quantitative estimate of drug-likeness (QED) is 0.589. The van der Waals surface area contributed by atoms with Crippen molar-refractivity contribution in [3.63, 3.8) is 0 Å². The first-order valence-electron chi connectivity index (χ1n) is 6.17. The van der Waals surface area contributed by atoms with E-state index in [9.17, 15) is 8.42 Å². The maximum absolute atomic E-state index is 11.3. The van der Waals surface area contributed by atoms with Crippen molar-refractivity contribution < 1.29 is 8.42 Å². The zero-order valence-corrected chi connectivity index (χ0v) is 12.6. The normalized spacial score (nSPS) is 11.7. The molecule has 0 unspecified atom stereocenters. The molecule has 1 rings (SSSR count). The van der Waals surface area contributed by atoms with Crippen molar-refractivity contribution in [2.24, 2.45) is 0 Å². The maximum Gasteiger partial charge on any atom is 0.175 e. The highest BCUT2D eigenvalue weighted by molar-refractivity contribution is 7.99. The van der Waals surface area contributed by atoms with Gasteiger partial charge in [-0.05, 0) is 55.9 Å². The van der Waals surface area contributed by atoms with Gasteiger partial charge in [0.2, 0.25) is 0 Å². The molecule has 5 heteroatoms. The monoisotopic (exact) mass is 287 g/mol. The van der Waals surface area contributed by atoms with Crippen LogP contribution in [-0.2, 0) is 9.84 Å². The van der Waals surface area contributed by atoms with Crippen molar-refractivity contribution in [3.8, 4) is 0 Å². The summed E-state index contributed by atoms with van der Waals surface area (Å²) in [5, 5.41) is 3.30. The first kappa shape index (κ1) is 15.5. The molecule has 0 aliphatic carbocycles. The lowest BCUT2D eigenvalue weighted by Crippen LogP contribution is -2.13. The molecule has 1 aromatic rings. The molecule has 0 saturated heterocycles. The van der Waals surface area contributed by atoms with Gasteiger partial charge in [0.1, 0.15) is 0 Å². The fourth-order valence-electron chi connectivity index (χ4n) is 1.50. The molecular formula is C13H21NO2S2. The van der Waals surface area contributed by atoms with Gasteiger partial charge < -0.3 is 5.32 Å². The van der Waals surface area contributed by atoms with Gasteiger partial charge in [-0.15, -0.1) is 11.8 Å². The largest absolute Gasteiger partial charge is 0.317 e. The van der Waals surface area contributed by atoms with E-state index in [2.05, 4.69) is 12.2 Å². The summed E-state index contributed by atoms with van der Waals surface area (Å²) in [7, 11) is -3.07. The Morgan fingerprint density at radius 1 is 1.17 bits per heavy atom. The van der Waals surface area contributed by atoms with Crippen LogP contribution in [0.4, 0.5) is 0 Å². The van der Waals surface area contributed by atoms with Crippen LogP contribution in [0.2, 0.25) is 0 Å². The van der Waals surface area contributed by atoms with Crippen molar-refractivity contribution in [1.82, 2.24) is 5.32 Å². The minimum Gasteiger partial charge on any atom is -0.317 e. The molecule has 0 aliphatic rings. The van der Waals surface area contributed by atoms with E-state index in [0.717, 1.165) is 23.7 Å². The van der Waals surface area contributed by atoms with Crippen molar-refractivity contribution in [2.45, 2.75) is 29.6 Å². The number of sulfone groups is 1. The van der Waals surface area contributed by atoms with Gasteiger partial charge >= 0.3 is 0 Å². The average molecular weight is 287 g/mol. The third-order valence-electron chi connectivity index (χ3n) is 2.52. The summed E-state index contributed by atoms with van der Waals surface area (Å²) in [6.45, 7) is 4.21. The van der Waals surface area contributed by atoms with Crippen LogP contribution in [0.5, 0.6) is 0 Å². The Kier molecular flexibility index (Phi) is 6.75. The van der Waals surface area contributed by atoms with Crippen LogP contribution < -0.4 is 5.32 Å². The van der Waals surface area contributed by atoms with Crippen molar-refractivity contribution >= 4 is 21.6 Å². The van der Waals surface area contributed by atoms with Crippen molar-refractivity contribution in [1.29, 1.82) is 0 Å². The van der Waals surface area contributed by atoms with E-state index in [4.69, 9.17) is 0 Å². The Balaban J connectivity index is 2.32. The van der Waals surface area contributed by atoms with Crippen LogP contribution in [0.15, 0.2) is 34.1 Å². The van der Waals surface area contributed by atoms with E-state index in [-0.39, 0.29) is 0 Å². The summed E-state index contributed by atoms with van der Waals surface area (Å²) in [6, 6.07) is 7.11. The third-order valence-corrected chi connectivity index (χ3v) is 4.75. The van der Waals surface area contributed by atoms with Gasteiger partial charge in [0.15, 0.2) is 9.84 Å². The highest BCUT2D eigenvalue weighted by Crippen LogP contribution is 2.21. The lowest BCUT2D eigenvalue weighted by atomic mass is 10.3. The summed E-state index contributed by atoms with van der Waals surface area (Å²) >= 11 is 1.78. The van der Waals surface area contributed by atoms with E-state index in [1.165, 1.54) is 19.1 Å². The van der Waals surface area contributed by atoms with E-state index >= 15 is 0 Å². The molecule has 0 saturated carbocycles. The molecule has 102 valence electrons. The molecule has 0 atom stereocenters. The number of benzene rings is 1. The predicted molar refractivity (Wildman–Crippen MR) is 78.1 cm³/mol. The van der Waals surface area contributed by atoms with Crippen LogP contribution in [-0.4, -0.2) is 33.5 Å². The van der Waals surface area contributed by atoms with Crippen LogP contribution in [0.1, 0.15) is 19.8 Å². The standard InChI is InChI=1S/C13H21NO2S2/c1-3-14-10-4-5-11-17-12-6-8-13(9-7-12)18(2,15)16/h6-9,14H,3-5,10-11H2,1-2H3. The van der Waals surface area contributed by atoms with Crippen molar-refractivity contribution in [2.75, 3.05) is 25.1 Å². The second-order valence-corrected chi connectivity index (χ2v) is 7.34. The molecule has 0 aliphatic heterocycles. The van der Waals surface area contributed by atoms with Gasteiger partial charge in [-0.1, -0.05) is 6.92 Å². The van der Waals surface area contributed by atoms with E-state index in [0.29, 0.717) is 4.90 Å². The number of unbranched alkanes of at least 4 members (excludes halogenated alkanes) is 1. The molecule has 1 aromatic carbocycles. The minimum absolute atomic E-state index is 0.388. The highest BCUT2D eigenvalue weighted by atomic mass is 32.2. The van der Waals surface area contributed by atoms with Gasteiger partial charge in [0, 0.05) is 11.2 Å². The molecule has 3 nitrogen and oxygen atoms in total. The molecule has 0 bridgehead atoms. The fourth-order valence-corrected chi connectivity index (χ4v) is 3.05. The first-order valence-corrected chi connectivity index (χ1v) is 9.05. The second kappa shape index (κ2) is 7.81. The van der Waals surface area contributed by atoms with Crippen LogP contribution in [0.3, 0.4) is 0 Å². The lowest BCUT2D eigenvalue weighted by molar-refractivity contribution is 0.602. The Morgan fingerprint density at radius 2 is 1.83 bits per heavy atom. The van der Waals surface area contributed by atoms with Gasteiger partial charge in [-0.25, -0.2) is 8.42 Å². The third kappa shape index (κ3) is 5.89. The molecular weight excluding hydrogens is 266 g/mol. The molecule has 0 heterocycles. The van der Waals surface area contributed by atoms with Gasteiger partial charge in [0.25, 0.3) is 0 Å². The second-order valence-electron chi connectivity index (χ2n) is 4.15. The van der Waals surface area contributed by atoms with Gasteiger partial charge in [-0.2, -0.15) is 0 Å². The molecule has 1 N–H and O–H groups in total. The average Bonchev–Trinajstić information content (AvgIpc) is 2.33. The molecule has 0 aromatic heterocycles. The highest BCUT2D eigenvalue weighted by Gasteiger charge is 2.05. The van der Waals surface area contributed by atoms with Crippen LogP contribution in [0, 0.1) is 0 Å². The Morgan fingerprint density at radius 3 is 2.39 bits per heavy atom. The Hall–Kier alpha value is -0.520. The van der Waals surface area contributed by atoms with Crippen molar-refractivity contribution in [3.05, 3.63) is 24.3 Å². The predicted octanol–water partition coefficient (Wildman–Crippen LogP) is 2.57. The Bertz CT molecular complexity index is 441. The summed E-state index contributed by atoms with van der Waals surface area (Å²) < 4.78 is 22.6. The number of thioether (sulfide) groups is 1. The van der Waals surface area contributed by atoms with E-state index in [1.807, 2.05) is 12.1 Å². The number of hydrogen-bond acceptors (Lipinski definition) is 4. The van der Waals surface area contributed by atoms with Gasteiger partial charge in [-0.3, -0.25) is 0 Å². The molecule has 0 radical (unpaired) electrons. The SMILES string of the molecule is CCNCCCCSc1ccc(S(C)(=O)=O)cc1. The summed E-state index contributed by atoms with van der Waals surface area (Å²) in [5.41, 5.74) is 0. The number of hydrogen-bond donors (Lipinski definition) is 1. The molecule has 18 heavy (non-hydrogen) atoms. The number of rotatable bonds is 8. The van der Waals surface area contributed by atoms with Gasteiger partial charge in [0.05, 0.1) is 4.90 Å². The fraction of sp³-hybridized carbons (Fsp3) is 0.538. The molecule has 0 spiro atoms. The smallest absolute Gasteiger partial charge is 0.175 e. The summed E-state index contributed by atoms with van der Waals surface area (Å²) in [5.74, 6) is 1.07. The van der Waals surface area contributed by atoms with Crippen LogP contribution in [0.25, 0.3) is 0 Å². The first-order chi connectivity index (χ1) is 8.54. The molecule has 0 amide bonds. The summed E-state index contributed by atoms with van der Waals surface area (Å²) in [6.07, 6.45) is 3.59. The van der Waals surface area contributed by atoms with E-state index < -0.39 is 9.84 Å². The Labute approximate surface area is 114 Å². The van der Waals surface area contributed by atoms with Crippen LogP contribution >= 0.6 is 11.8 Å². The minimum atomic E-state index is -3.07. The lowest BCUT2D eigenvalue weighted by Gasteiger charge is -2.04. The van der Waals surface area contributed by atoms with E-state index in [1.54, 1.807) is 23.9 Å². The molecule has 0 fully saturated rings. The zero-order chi connectivity index (χ0) is 13.4.